The summed E-state index contributed by atoms with van der Waals surface area (Å²) < 4.78 is 5.22. The lowest BCUT2D eigenvalue weighted by atomic mass is 9.81. The molecule has 1 aliphatic rings. The fourth-order valence-corrected chi connectivity index (χ4v) is 2.12. The predicted molar refractivity (Wildman–Crippen MR) is 70.2 cm³/mol. The lowest BCUT2D eigenvalue weighted by molar-refractivity contribution is -0.171. The third-order valence-electron chi connectivity index (χ3n) is 2.93. The quantitative estimate of drug-likeness (QED) is 0.567. The van der Waals surface area contributed by atoms with E-state index in [-0.39, 0.29) is 30.1 Å². The molecule has 2 amide bonds. The first-order chi connectivity index (χ1) is 8.43. The van der Waals surface area contributed by atoms with Crippen LogP contribution in [0.3, 0.4) is 0 Å². The highest BCUT2D eigenvalue weighted by atomic mass is 16.6. The summed E-state index contributed by atoms with van der Waals surface area (Å²) in [5, 5.41) is 0. The van der Waals surface area contributed by atoms with Crippen LogP contribution in [0.4, 0.5) is 0 Å². The van der Waals surface area contributed by atoms with Crippen molar-refractivity contribution in [3.8, 4) is 0 Å². The van der Waals surface area contributed by atoms with Crippen molar-refractivity contribution in [1.82, 2.24) is 4.90 Å². The Kier molecular flexibility index (Phi) is 4.08. The van der Waals surface area contributed by atoms with Crippen molar-refractivity contribution in [3.05, 3.63) is 0 Å². The van der Waals surface area contributed by atoms with Crippen LogP contribution in [0.25, 0.3) is 0 Å². The number of carbonyl (C=O) groups excluding carboxylic acids is 3. The molecule has 5 heteroatoms. The number of esters is 1. The predicted octanol–water partition coefficient (Wildman–Crippen LogP) is 1.89. The number of hydrogen-bond acceptors (Lipinski definition) is 4. The van der Waals surface area contributed by atoms with Crippen molar-refractivity contribution in [2.24, 2.45) is 5.41 Å². The highest BCUT2D eigenvalue weighted by Gasteiger charge is 2.42. The summed E-state index contributed by atoms with van der Waals surface area (Å²) in [6, 6.07) is -0.865. The van der Waals surface area contributed by atoms with Gasteiger partial charge in [0.15, 0.2) is 0 Å². The van der Waals surface area contributed by atoms with E-state index in [0.717, 1.165) is 4.90 Å². The van der Waals surface area contributed by atoms with Gasteiger partial charge in [-0.1, -0.05) is 13.8 Å². The Morgan fingerprint density at radius 1 is 1.21 bits per heavy atom. The average molecular weight is 269 g/mol. The minimum absolute atomic E-state index is 0.270. The molecule has 108 valence electrons. The van der Waals surface area contributed by atoms with Gasteiger partial charge in [-0.15, -0.1) is 0 Å². The smallest absolute Gasteiger partial charge is 0.329 e. The number of nitrogens with zero attached hydrogens (tertiary/aromatic N) is 1. The molecule has 0 aliphatic carbocycles. The van der Waals surface area contributed by atoms with Gasteiger partial charge in [-0.05, 0) is 33.1 Å². The molecule has 0 aromatic rings. The zero-order chi connectivity index (χ0) is 15.0. The number of likely N-dealkylation sites (tertiary alicyclic amines) is 1. The van der Waals surface area contributed by atoms with E-state index in [0.29, 0.717) is 0 Å². The van der Waals surface area contributed by atoms with Crippen molar-refractivity contribution in [2.75, 3.05) is 0 Å². The minimum Gasteiger partial charge on any atom is -0.458 e. The zero-order valence-corrected chi connectivity index (χ0v) is 12.6. The number of piperidine rings is 1. The van der Waals surface area contributed by atoms with Crippen molar-refractivity contribution >= 4 is 17.8 Å². The van der Waals surface area contributed by atoms with E-state index in [9.17, 15) is 14.4 Å². The molecule has 0 aromatic heterocycles. The van der Waals surface area contributed by atoms with E-state index in [1.165, 1.54) is 6.92 Å². The van der Waals surface area contributed by atoms with E-state index in [1.807, 2.05) is 13.8 Å². The molecule has 19 heavy (non-hydrogen) atoms. The van der Waals surface area contributed by atoms with Crippen LogP contribution in [0, 0.1) is 5.41 Å². The molecular formula is C14H23NO4. The van der Waals surface area contributed by atoms with Crippen molar-refractivity contribution < 1.29 is 19.1 Å². The molecule has 0 aromatic carbocycles. The average Bonchev–Trinajstić information content (AvgIpc) is 2.10. The molecular weight excluding hydrogens is 246 g/mol. The van der Waals surface area contributed by atoms with Crippen LogP contribution in [0.1, 0.15) is 54.4 Å². The molecule has 1 unspecified atom stereocenters. The summed E-state index contributed by atoms with van der Waals surface area (Å²) in [6.45, 7) is 10.5. The first-order valence-electron chi connectivity index (χ1n) is 6.51. The Labute approximate surface area is 114 Å². The number of amides is 2. The molecule has 1 saturated heterocycles. The van der Waals surface area contributed by atoms with Crippen LogP contribution < -0.4 is 0 Å². The number of imide groups is 1. The fourth-order valence-electron chi connectivity index (χ4n) is 2.12. The maximum atomic E-state index is 12.0. The second-order valence-electron chi connectivity index (χ2n) is 6.88. The van der Waals surface area contributed by atoms with Crippen LogP contribution in [0.2, 0.25) is 0 Å². The van der Waals surface area contributed by atoms with Gasteiger partial charge >= 0.3 is 5.97 Å². The van der Waals surface area contributed by atoms with Gasteiger partial charge in [-0.2, -0.15) is 0 Å². The van der Waals surface area contributed by atoms with E-state index in [4.69, 9.17) is 4.74 Å². The van der Waals surface area contributed by atoms with E-state index >= 15 is 0 Å². The highest BCUT2D eigenvalue weighted by Crippen LogP contribution is 2.32. The summed E-state index contributed by atoms with van der Waals surface area (Å²) in [4.78, 5) is 37.0. The van der Waals surface area contributed by atoms with Gasteiger partial charge in [0.2, 0.25) is 11.8 Å². The third-order valence-corrected chi connectivity index (χ3v) is 2.93. The zero-order valence-electron chi connectivity index (χ0n) is 12.6. The summed E-state index contributed by atoms with van der Waals surface area (Å²) in [7, 11) is 0. The standard InChI is InChI=1S/C14H23NO4/c1-9(12(18)19-13(2,3)4)15-10(16)7-14(5,6)8-11(15)17/h9H,7-8H2,1-6H3. The van der Waals surface area contributed by atoms with Gasteiger partial charge in [-0.25, -0.2) is 4.79 Å². The van der Waals surface area contributed by atoms with E-state index in [2.05, 4.69) is 0 Å². The topological polar surface area (TPSA) is 63.7 Å². The Hall–Kier alpha value is -1.39. The summed E-state index contributed by atoms with van der Waals surface area (Å²) in [5.74, 6) is -1.16. The van der Waals surface area contributed by atoms with E-state index in [1.54, 1.807) is 20.8 Å². The van der Waals surface area contributed by atoms with Gasteiger partial charge in [0.25, 0.3) is 0 Å². The Morgan fingerprint density at radius 3 is 2.00 bits per heavy atom. The molecule has 1 heterocycles. The first-order valence-corrected chi connectivity index (χ1v) is 6.51. The molecule has 5 nitrogen and oxygen atoms in total. The van der Waals surface area contributed by atoms with Gasteiger partial charge in [0.1, 0.15) is 11.6 Å². The first kappa shape index (κ1) is 15.7. The molecule has 1 fully saturated rings. The summed E-state index contributed by atoms with van der Waals surface area (Å²) >= 11 is 0. The lowest BCUT2D eigenvalue weighted by Crippen LogP contribution is -2.53. The summed E-state index contributed by atoms with van der Waals surface area (Å²) in [5.41, 5.74) is -0.967. The van der Waals surface area contributed by atoms with Crippen LogP contribution >= 0.6 is 0 Å². The number of carbonyl (C=O) groups is 3. The highest BCUT2D eigenvalue weighted by molar-refractivity contribution is 6.01. The molecule has 1 rings (SSSR count). The van der Waals surface area contributed by atoms with Gasteiger partial charge in [-0.3, -0.25) is 14.5 Å². The maximum Gasteiger partial charge on any atom is 0.329 e. The Morgan fingerprint density at radius 2 is 1.63 bits per heavy atom. The second kappa shape index (κ2) is 4.94. The molecule has 0 saturated carbocycles. The van der Waals surface area contributed by atoms with Crippen LogP contribution in [0.5, 0.6) is 0 Å². The second-order valence-corrected chi connectivity index (χ2v) is 6.88. The molecule has 1 aliphatic heterocycles. The Bertz CT molecular complexity index is 386. The largest absolute Gasteiger partial charge is 0.458 e. The van der Waals surface area contributed by atoms with Gasteiger partial charge < -0.3 is 4.74 Å². The van der Waals surface area contributed by atoms with Crippen molar-refractivity contribution in [1.29, 1.82) is 0 Å². The van der Waals surface area contributed by atoms with Crippen LogP contribution in [0.15, 0.2) is 0 Å². The fraction of sp³-hybridized carbons (Fsp3) is 0.786. The molecule has 0 bridgehead atoms. The number of rotatable bonds is 2. The molecule has 0 spiro atoms. The number of ether oxygens (including phenoxy) is 1. The van der Waals surface area contributed by atoms with Crippen molar-refractivity contribution in [3.63, 3.8) is 0 Å². The molecule has 0 N–H and O–H groups in total. The lowest BCUT2D eigenvalue weighted by Gasteiger charge is -2.37. The molecule has 1 atom stereocenters. The normalized spacial score (nSPS) is 21.3. The maximum absolute atomic E-state index is 12.0. The SMILES string of the molecule is CC(C(=O)OC(C)(C)C)N1C(=O)CC(C)(C)CC1=O. The minimum atomic E-state index is -0.865. The Balaban J connectivity index is 2.82. The van der Waals surface area contributed by atoms with Crippen molar-refractivity contribution in [2.45, 2.75) is 66.0 Å². The van der Waals surface area contributed by atoms with Crippen LogP contribution in [-0.2, 0) is 19.1 Å². The third kappa shape index (κ3) is 4.04. The van der Waals surface area contributed by atoms with Crippen LogP contribution in [-0.4, -0.2) is 34.3 Å². The van der Waals surface area contributed by atoms with Gasteiger partial charge in [0, 0.05) is 12.8 Å². The summed E-state index contributed by atoms with van der Waals surface area (Å²) in [6.07, 6.45) is 0.539. The number of hydrogen-bond donors (Lipinski definition) is 0. The molecule has 0 radical (unpaired) electrons. The monoisotopic (exact) mass is 269 g/mol. The van der Waals surface area contributed by atoms with Gasteiger partial charge in [0.05, 0.1) is 0 Å². The van der Waals surface area contributed by atoms with E-state index < -0.39 is 17.6 Å².